The van der Waals surface area contributed by atoms with Gasteiger partial charge in [0, 0.05) is 0 Å². The Balaban J connectivity index is 3.23. The van der Waals surface area contributed by atoms with Gasteiger partial charge < -0.3 is 19.9 Å². The molecule has 0 spiro atoms. The fourth-order valence-corrected chi connectivity index (χ4v) is 1.65. The van der Waals surface area contributed by atoms with Crippen LogP contribution in [-0.2, 0) is 9.53 Å². The third-order valence-electron chi connectivity index (χ3n) is 2.25. The highest BCUT2D eigenvalue weighted by molar-refractivity contribution is 6.34. The quantitative estimate of drug-likeness (QED) is 0.668. The van der Waals surface area contributed by atoms with Crippen LogP contribution < -0.4 is 15.2 Å². The smallest absolute Gasteiger partial charge is 0.353 e. The maximum atomic E-state index is 11.2. The monoisotopic (exact) mass is 271 g/mol. The molecular weight excluding hydrogens is 258 g/mol. The molecule has 0 atom stereocenters. The van der Waals surface area contributed by atoms with Crippen LogP contribution in [-0.4, -0.2) is 27.3 Å². The molecule has 1 aromatic carbocycles. The van der Waals surface area contributed by atoms with Crippen molar-refractivity contribution in [3.8, 4) is 11.5 Å². The van der Waals surface area contributed by atoms with Gasteiger partial charge in [-0.1, -0.05) is 11.6 Å². The Kier molecular flexibility index (Phi) is 4.85. The third-order valence-corrected chi connectivity index (χ3v) is 2.64. The second-order valence-corrected chi connectivity index (χ2v) is 3.67. The van der Waals surface area contributed by atoms with Gasteiger partial charge in [-0.3, -0.25) is 0 Å². The van der Waals surface area contributed by atoms with Crippen LogP contribution in [0.25, 0.3) is 6.08 Å². The van der Waals surface area contributed by atoms with Gasteiger partial charge in [0.25, 0.3) is 0 Å². The minimum absolute atomic E-state index is 0.0494. The van der Waals surface area contributed by atoms with Crippen molar-refractivity contribution in [2.45, 2.75) is 0 Å². The summed E-state index contributed by atoms with van der Waals surface area (Å²) in [6.07, 6.45) is 1.41. The Morgan fingerprint density at radius 2 is 1.94 bits per heavy atom. The van der Waals surface area contributed by atoms with Crippen molar-refractivity contribution in [1.29, 1.82) is 0 Å². The molecule has 0 radical (unpaired) electrons. The van der Waals surface area contributed by atoms with Crippen molar-refractivity contribution in [3.63, 3.8) is 0 Å². The molecule has 0 amide bonds. The van der Waals surface area contributed by atoms with E-state index in [-0.39, 0.29) is 5.70 Å². The van der Waals surface area contributed by atoms with Gasteiger partial charge in [-0.2, -0.15) is 0 Å². The van der Waals surface area contributed by atoms with Gasteiger partial charge in [-0.05, 0) is 23.8 Å². The lowest BCUT2D eigenvalue weighted by Crippen LogP contribution is -2.12. The molecule has 1 rings (SSSR count). The number of hydrogen-bond donors (Lipinski definition) is 1. The van der Waals surface area contributed by atoms with E-state index in [4.69, 9.17) is 26.8 Å². The number of carbonyl (C=O) groups excluding carboxylic acids is 1. The first kappa shape index (κ1) is 14.2. The predicted molar refractivity (Wildman–Crippen MR) is 68.7 cm³/mol. The fourth-order valence-electron chi connectivity index (χ4n) is 1.36. The maximum absolute atomic E-state index is 11.2. The van der Waals surface area contributed by atoms with E-state index in [0.717, 1.165) is 0 Å². The number of benzene rings is 1. The number of ether oxygens (including phenoxy) is 3. The predicted octanol–water partition coefficient (Wildman–Crippen LogP) is 1.83. The van der Waals surface area contributed by atoms with E-state index in [1.165, 1.54) is 27.4 Å². The molecule has 18 heavy (non-hydrogen) atoms. The summed E-state index contributed by atoms with van der Waals surface area (Å²) < 4.78 is 14.7. The van der Waals surface area contributed by atoms with E-state index in [1.807, 2.05) is 0 Å². The molecule has 0 saturated carbocycles. The third kappa shape index (κ3) is 2.87. The minimum atomic E-state index is -0.624. The number of methoxy groups -OCH3 is 3. The second kappa shape index (κ2) is 6.16. The summed E-state index contributed by atoms with van der Waals surface area (Å²) >= 11 is 6.13. The standard InChI is InChI=1S/C12H14ClNO4/c1-16-9-5-4-7(10(13)11(9)17-2)6-8(14)12(15)18-3/h4-6H,14H2,1-3H3/b8-6-. The molecule has 1 aromatic rings. The molecule has 0 aliphatic heterocycles. The van der Waals surface area contributed by atoms with E-state index >= 15 is 0 Å². The van der Waals surface area contributed by atoms with Crippen LogP contribution in [0.1, 0.15) is 5.56 Å². The Bertz CT molecular complexity index is 485. The van der Waals surface area contributed by atoms with Gasteiger partial charge in [-0.15, -0.1) is 0 Å². The zero-order chi connectivity index (χ0) is 13.7. The van der Waals surface area contributed by atoms with Crippen LogP contribution in [0.15, 0.2) is 17.8 Å². The highest BCUT2D eigenvalue weighted by Crippen LogP contribution is 2.37. The molecule has 0 unspecified atom stereocenters. The maximum Gasteiger partial charge on any atom is 0.353 e. The summed E-state index contributed by atoms with van der Waals surface area (Å²) in [4.78, 5) is 11.2. The first-order chi connectivity index (χ1) is 8.54. The lowest BCUT2D eigenvalue weighted by molar-refractivity contribution is -0.136. The average Bonchev–Trinajstić information content (AvgIpc) is 2.39. The molecule has 0 aromatic heterocycles. The van der Waals surface area contributed by atoms with Crippen molar-refractivity contribution in [2.75, 3.05) is 21.3 Å². The van der Waals surface area contributed by atoms with Crippen LogP contribution >= 0.6 is 11.6 Å². The SMILES string of the molecule is COC(=O)/C(N)=C/c1ccc(OC)c(OC)c1Cl. The number of carbonyl (C=O) groups is 1. The van der Waals surface area contributed by atoms with E-state index in [1.54, 1.807) is 12.1 Å². The Labute approximate surface area is 110 Å². The zero-order valence-corrected chi connectivity index (χ0v) is 11.1. The molecular formula is C12H14ClNO4. The average molecular weight is 272 g/mol. The Hall–Kier alpha value is -1.88. The molecule has 0 aliphatic carbocycles. The summed E-state index contributed by atoms with van der Waals surface area (Å²) in [7, 11) is 4.23. The molecule has 0 bridgehead atoms. The summed E-state index contributed by atoms with van der Waals surface area (Å²) in [6, 6.07) is 3.33. The van der Waals surface area contributed by atoms with Gasteiger partial charge in [-0.25, -0.2) is 4.79 Å². The zero-order valence-electron chi connectivity index (χ0n) is 10.3. The van der Waals surface area contributed by atoms with Crippen molar-refractivity contribution in [2.24, 2.45) is 5.73 Å². The molecule has 0 heterocycles. The lowest BCUT2D eigenvalue weighted by atomic mass is 10.1. The fraction of sp³-hybridized carbons (Fsp3) is 0.250. The molecule has 0 fully saturated rings. The Morgan fingerprint density at radius 1 is 1.28 bits per heavy atom. The van der Waals surface area contributed by atoms with Crippen molar-refractivity contribution >= 4 is 23.6 Å². The molecule has 0 aliphatic rings. The van der Waals surface area contributed by atoms with Crippen molar-refractivity contribution < 1.29 is 19.0 Å². The van der Waals surface area contributed by atoms with Crippen LogP contribution in [0.4, 0.5) is 0 Å². The second-order valence-electron chi connectivity index (χ2n) is 3.30. The first-order valence-electron chi connectivity index (χ1n) is 5.01. The summed E-state index contributed by atoms with van der Waals surface area (Å²) in [5.74, 6) is 0.253. The van der Waals surface area contributed by atoms with Crippen LogP contribution in [0.3, 0.4) is 0 Å². The topological polar surface area (TPSA) is 70.8 Å². The number of nitrogens with two attached hydrogens (primary N) is 1. The minimum Gasteiger partial charge on any atom is -0.493 e. The highest BCUT2D eigenvalue weighted by atomic mass is 35.5. The summed E-state index contributed by atoms with van der Waals surface area (Å²) in [5.41, 5.74) is 6.04. The van der Waals surface area contributed by atoms with Gasteiger partial charge in [0.1, 0.15) is 5.70 Å². The number of hydrogen-bond acceptors (Lipinski definition) is 5. The molecule has 2 N–H and O–H groups in total. The number of rotatable bonds is 4. The van der Waals surface area contributed by atoms with E-state index in [9.17, 15) is 4.79 Å². The molecule has 5 nitrogen and oxygen atoms in total. The largest absolute Gasteiger partial charge is 0.493 e. The summed E-state index contributed by atoms with van der Waals surface area (Å²) in [5, 5.41) is 0.309. The van der Waals surface area contributed by atoms with Crippen molar-refractivity contribution in [3.05, 3.63) is 28.4 Å². The molecule has 98 valence electrons. The highest BCUT2D eigenvalue weighted by Gasteiger charge is 2.13. The molecule has 6 heteroatoms. The van der Waals surface area contributed by atoms with E-state index in [0.29, 0.717) is 22.1 Å². The van der Waals surface area contributed by atoms with E-state index in [2.05, 4.69) is 4.74 Å². The molecule has 0 saturated heterocycles. The van der Waals surface area contributed by atoms with Gasteiger partial charge in [0.05, 0.1) is 26.4 Å². The van der Waals surface area contributed by atoms with Crippen LogP contribution in [0.2, 0.25) is 5.02 Å². The lowest BCUT2D eigenvalue weighted by Gasteiger charge is -2.11. The number of halogens is 1. The first-order valence-corrected chi connectivity index (χ1v) is 5.38. The normalized spacial score (nSPS) is 11.0. The number of esters is 1. The summed E-state index contributed by atoms with van der Waals surface area (Å²) in [6.45, 7) is 0. The van der Waals surface area contributed by atoms with E-state index < -0.39 is 5.97 Å². The van der Waals surface area contributed by atoms with Gasteiger partial charge in [0.15, 0.2) is 11.5 Å². The van der Waals surface area contributed by atoms with Crippen LogP contribution in [0.5, 0.6) is 11.5 Å². The Morgan fingerprint density at radius 3 is 2.44 bits per heavy atom. The van der Waals surface area contributed by atoms with Crippen LogP contribution in [0, 0.1) is 0 Å². The van der Waals surface area contributed by atoms with Crippen molar-refractivity contribution in [1.82, 2.24) is 0 Å². The van der Waals surface area contributed by atoms with Gasteiger partial charge >= 0.3 is 5.97 Å². The van der Waals surface area contributed by atoms with Gasteiger partial charge in [0.2, 0.25) is 0 Å².